The number of aromatic nitrogens is 2. The molecule has 0 bridgehead atoms. The van der Waals surface area contributed by atoms with E-state index in [4.69, 9.17) is 19.9 Å². The molecular weight excluding hydrogens is 418 g/mol. The minimum atomic E-state index is -0.288. The Bertz CT molecular complexity index is 990. The summed E-state index contributed by atoms with van der Waals surface area (Å²) in [4.78, 5) is 11.8. The zero-order valence-electron chi connectivity index (χ0n) is 17.0. The minimum Gasteiger partial charge on any atom is -0.497 e. The van der Waals surface area contributed by atoms with Gasteiger partial charge < -0.3 is 19.9 Å². The molecule has 2 aromatic carbocycles. The van der Waals surface area contributed by atoms with Crippen LogP contribution in [0.1, 0.15) is 17.0 Å². The zero-order valence-corrected chi connectivity index (χ0v) is 17.8. The highest BCUT2D eigenvalue weighted by atomic mass is 32.1. The maximum absolute atomic E-state index is 11.8. The number of nitrogens with one attached hydrogen (secondary N) is 1. The molecule has 3 N–H and O–H groups in total. The Morgan fingerprint density at radius 2 is 1.65 bits per heavy atom. The maximum atomic E-state index is 11.8. The summed E-state index contributed by atoms with van der Waals surface area (Å²) in [6.07, 6.45) is 2.39. The van der Waals surface area contributed by atoms with Crippen LogP contribution in [0, 0.1) is 0 Å². The first-order valence-corrected chi connectivity index (χ1v) is 10.3. The van der Waals surface area contributed by atoms with Crippen molar-refractivity contribution in [2.24, 2.45) is 5.10 Å². The summed E-state index contributed by atoms with van der Waals surface area (Å²) in [7, 11) is 1.63. The molecule has 0 spiro atoms. The summed E-state index contributed by atoms with van der Waals surface area (Å²) in [5.74, 6) is 2.05. The molecule has 162 valence electrons. The largest absolute Gasteiger partial charge is 0.497 e. The molecule has 1 heterocycles. The second-order valence-electron chi connectivity index (χ2n) is 6.30. The predicted molar refractivity (Wildman–Crippen MR) is 119 cm³/mol. The first-order valence-electron chi connectivity index (χ1n) is 9.52. The molecule has 3 rings (SSSR count). The predicted octanol–water partition coefficient (Wildman–Crippen LogP) is 2.67. The number of benzene rings is 2. The Morgan fingerprint density at radius 1 is 1.03 bits per heavy atom. The number of hydrogen-bond acceptors (Lipinski definition) is 9. The van der Waals surface area contributed by atoms with Crippen molar-refractivity contribution in [2.75, 3.05) is 26.1 Å². The van der Waals surface area contributed by atoms with Crippen LogP contribution in [0.5, 0.6) is 17.2 Å². The number of hydrogen-bond donors (Lipinski definition) is 2. The second kappa shape index (κ2) is 11.5. The van der Waals surface area contributed by atoms with Gasteiger partial charge in [-0.1, -0.05) is 11.3 Å². The minimum absolute atomic E-state index is 0.0845. The van der Waals surface area contributed by atoms with E-state index in [1.54, 1.807) is 13.3 Å². The van der Waals surface area contributed by atoms with Gasteiger partial charge in [0.05, 0.1) is 33.0 Å². The molecule has 0 aliphatic carbocycles. The van der Waals surface area contributed by atoms with E-state index in [0.29, 0.717) is 23.4 Å². The number of hydrazone groups is 1. The molecule has 31 heavy (non-hydrogen) atoms. The van der Waals surface area contributed by atoms with E-state index in [1.807, 2.05) is 48.5 Å². The van der Waals surface area contributed by atoms with Crippen LogP contribution >= 0.6 is 11.3 Å². The lowest BCUT2D eigenvalue weighted by Gasteiger charge is -2.08. The third kappa shape index (κ3) is 7.59. The second-order valence-corrected chi connectivity index (χ2v) is 7.39. The summed E-state index contributed by atoms with van der Waals surface area (Å²) >= 11 is 1.17. The molecule has 9 nitrogen and oxygen atoms in total. The van der Waals surface area contributed by atoms with Crippen LogP contribution in [-0.4, -0.2) is 42.6 Å². The fourth-order valence-electron chi connectivity index (χ4n) is 2.45. The van der Waals surface area contributed by atoms with E-state index in [-0.39, 0.29) is 12.3 Å². The third-order valence-electron chi connectivity index (χ3n) is 3.96. The molecule has 0 radical (unpaired) electrons. The summed E-state index contributed by atoms with van der Waals surface area (Å²) in [5.41, 5.74) is 8.76. The van der Waals surface area contributed by atoms with E-state index in [0.717, 1.165) is 29.2 Å². The van der Waals surface area contributed by atoms with Crippen LogP contribution in [0.4, 0.5) is 5.13 Å². The van der Waals surface area contributed by atoms with Crippen LogP contribution in [0.25, 0.3) is 0 Å². The van der Waals surface area contributed by atoms with Gasteiger partial charge in [0, 0.05) is 6.42 Å². The van der Waals surface area contributed by atoms with Crippen molar-refractivity contribution < 1.29 is 19.0 Å². The smallest absolute Gasteiger partial charge is 0.247 e. The third-order valence-corrected chi connectivity index (χ3v) is 4.72. The fraction of sp³-hybridized carbons (Fsp3) is 0.238. The quantitative estimate of drug-likeness (QED) is 0.267. The Morgan fingerprint density at radius 3 is 2.23 bits per heavy atom. The highest BCUT2D eigenvalue weighted by Gasteiger charge is 2.07. The normalized spacial score (nSPS) is 10.7. The van der Waals surface area contributed by atoms with E-state index in [9.17, 15) is 4.79 Å². The molecule has 1 amide bonds. The number of nitrogens with zero attached hydrogens (tertiary/aromatic N) is 3. The van der Waals surface area contributed by atoms with Crippen molar-refractivity contribution >= 4 is 28.6 Å². The molecule has 0 aliphatic heterocycles. The summed E-state index contributed by atoms with van der Waals surface area (Å²) in [5, 5.41) is 12.3. The number of amides is 1. The van der Waals surface area contributed by atoms with Crippen molar-refractivity contribution in [2.45, 2.75) is 12.8 Å². The van der Waals surface area contributed by atoms with E-state index in [1.165, 1.54) is 11.3 Å². The number of methoxy groups -OCH3 is 1. The van der Waals surface area contributed by atoms with Gasteiger partial charge in [0.15, 0.2) is 0 Å². The molecule has 0 atom stereocenters. The van der Waals surface area contributed by atoms with Gasteiger partial charge in [0.1, 0.15) is 22.3 Å². The van der Waals surface area contributed by atoms with Gasteiger partial charge in [-0.15, -0.1) is 10.2 Å². The number of rotatable bonds is 11. The van der Waals surface area contributed by atoms with Gasteiger partial charge in [-0.05, 0) is 54.1 Å². The van der Waals surface area contributed by atoms with Crippen LogP contribution in [0.2, 0.25) is 0 Å². The number of carbonyl (C=O) groups is 1. The van der Waals surface area contributed by atoms with Crippen LogP contribution in [0.3, 0.4) is 0 Å². The summed E-state index contributed by atoms with van der Waals surface area (Å²) in [6.45, 7) is 1.09. The first kappa shape index (κ1) is 22.0. The van der Waals surface area contributed by atoms with E-state index in [2.05, 4.69) is 20.7 Å². The molecule has 3 aromatic rings. The van der Waals surface area contributed by atoms with Gasteiger partial charge in [0.25, 0.3) is 0 Å². The average molecular weight is 442 g/mol. The molecular formula is C21H23N5O4S. The van der Waals surface area contributed by atoms with Crippen molar-refractivity contribution in [1.29, 1.82) is 0 Å². The summed E-state index contributed by atoms with van der Waals surface area (Å²) in [6, 6.07) is 14.8. The lowest BCUT2D eigenvalue weighted by Crippen LogP contribution is -2.19. The Hall–Kier alpha value is -3.66. The van der Waals surface area contributed by atoms with Crippen LogP contribution in [-0.2, 0) is 11.2 Å². The van der Waals surface area contributed by atoms with Crippen molar-refractivity contribution in [3.63, 3.8) is 0 Å². The van der Waals surface area contributed by atoms with Gasteiger partial charge in [-0.3, -0.25) is 4.79 Å². The lowest BCUT2D eigenvalue weighted by molar-refractivity contribution is -0.120. The van der Waals surface area contributed by atoms with Gasteiger partial charge in [-0.25, -0.2) is 5.43 Å². The van der Waals surface area contributed by atoms with Crippen molar-refractivity contribution in [1.82, 2.24) is 15.6 Å². The monoisotopic (exact) mass is 441 g/mol. The number of nitrogens with two attached hydrogens (primary N) is 1. The van der Waals surface area contributed by atoms with E-state index >= 15 is 0 Å². The van der Waals surface area contributed by atoms with Gasteiger partial charge in [0.2, 0.25) is 11.0 Å². The molecule has 0 saturated heterocycles. The number of ether oxygens (including phenoxy) is 3. The van der Waals surface area contributed by atoms with Gasteiger partial charge >= 0.3 is 0 Å². The molecule has 0 aliphatic rings. The highest BCUT2D eigenvalue weighted by Crippen LogP contribution is 2.17. The topological polar surface area (TPSA) is 121 Å². The molecule has 1 aromatic heterocycles. The Balaban J connectivity index is 1.32. The first-order chi connectivity index (χ1) is 15.1. The van der Waals surface area contributed by atoms with Crippen LogP contribution < -0.4 is 25.4 Å². The van der Waals surface area contributed by atoms with E-state index < -0.39 is 0 Å². The SMILES string of the molecule is COc1ccc(OCCCOc2ccc(C=NNC(=O)Cc3nnc(N)s3)cc2)cc1. The number of anilines is 1. The average Bonchev–Trinajstić information content (AvgIpc) is 3.19. The van der Waals surface area contributed by atoms with Crippen LogP contribution in [0.15, 0.2) is 53.6 Å². The standard InChI is InChI=1S/C21H23N5O4S/c1-28-16-7-9-18(10-8-16)30-12-2-11-29-17-5-3-15(4-6-17)14-23-24-19(27)13-20-25-26-21(22)31-20/h3-10,14H,2,11-13H2,1H3,(H2,22,26)(H,24,27). The number of carbonyl (C=O) groups excluding carboxylic acids is 1. The van der Waals surface area contributed by atoms with Crippen molar-refractivity contribution in [3.8, 4) is 17.2 Å². The van der Waals surface area contributed by atoms with Gasteiger partial charge in [-0.2, -0.15) is 5.10 Å². The fourth-order valence-corrected chi connectivity index (χ4v) is 3.06. The molecule has 0 unspecified atom stereocenters. The molecule has 0 fully saturated rings. The highest BCUT2D eigenvalue weighted by molar-refractivity contribution is 7.15. The molecule has 0 saturated carbocycles. The lowest BCUT2D eigenvalue weighted by atomic mass is 10.2. The van der Waals surface area contributed by atoms with Crippen molar-refractivity contribution in [3.05, 3.63) is 59.1 Å². The Labute approximate surface area is 183 Å². The summed E-state index contributed by atoms with van der Waals surface area (Å²) < 4.78 is 16.5. The Kier molecular flexibility index (Phi) is 8.18. The zero-order chi connectivity index (χ0) is 21.9. The maximum Gasteiger partial charge on any atom is 0.247 e. The molecule has 10 heteroatoms. The number of nitrogen functional groups attached to an aromatic ring is 1.